The first-order valence-electron chi connectivity index (χ1n) is 6.14. The van der Waals surface area contributed by atoms with Crippen LogP contribution >= 0.6 is 0 Å². The highest BCUT2D eigenvalue weighted by Crippen LogP contribution is 2.31. The molecule has 4 nitrogen and oxygen atoms in total. The Labute approximate surface area is 120 Å². The molecule has 1 unspecified atom stereocenters. The molecule has 1 aromatic rings. The zero-order valence-electron chi connectivity index (χ0n) is 11.8. The van der Waals surface area contributed by atoms with Crippen LogP contribution in [0, 0.1) is 11.3 Å². The van der Waals surface area contributed by atoms with Gasteiger partial charge in [0, 0.05) is 5.69 Å². The third-order valence-corrected chi connectivity index (χ3v) is 2.83. The van der Waals surface area contributed by atoms with Crippen molar-refractivity contribution in [3.05, 3.63) is 29.8 Å². The molecule has 0 aliphatic carbocycles. The summed E-state index contributed by atoms with van der Waals surface area (Å²) in [5.41, 5.74) is -1.87. The molecule has 0 saturated carbocycles. The topological polar surface area (TPSA) is 66.4 Å². The van der Waals surface area contributed by atoms with E-state index in [4.69, 9.17) is 5.11 Å². The SMILES string of the molecule is CC(C)(C)C(C(=O)O)C(=O)Nc1cccc(C(F)(F)F)c1. The second kappa shape index (κ2) is 5.75. The minimum atomic E-state index is -4.53. The first kappa shape index (κ1) is 17.0. The van der Waals surface area contributed by atoms with E-state index in [-0.39, 0.29) is 5.69 Å². The van der Waals surface area contributed by atoms with E-state index in [0.29, 0.717) is 0 Å². The van der Waals surface area contributed by atoms with Crippen LogP contribution in [0.5, 0.6) is 0 Å². The lowest BCUT2D eigenvalue weighted by molar-refractivity contribution is -0.150. The number of carbonyl (C=O) groups is 2. The van der Waals surface area contributed by atoms with E-state index < -0.39 is 34.9 Å². The summed E-state index contributed by atoms with van der Waals surface area (Å²) < 4.78 is 37.7. The van der Waals surface area contributed by atoms with Gasteiger partial charge in [-0.3, -0.25) is 9.59 Å². The van der Waals surface area contributed by atoms with Crippen molar-refractivity contribution in [3.8, 4) is 0 Å². The minimum absolute atomic E-state index is 0.0923. The van der Waals surface area contributed by atoms with Crippen molar-refractivity contribution in [2.45, 2.75) is 26.9 Å². The summed E-state index contributed by atoms with van der Waals surface area (Å²) in [7, 11) is 0. The van der Waals surface area contributed by atoms with Gasteiger partial charge in [0.1, 0.15) is 5.92 Å². The minimum Gasteiger partial charge on any atom is -0.481 e. The van der Waals surface area contributed by atoms with Crippen LogP contribution in [0.25, 0.3) is 0 Å². The third kappa shape index (κ3) is 4.47. The number of halogens is 3. The van der Waals surface area contributed by atoms with E-state index in [1.54, 1.807) is 20.8 Å². The molecule has 0 fully saturated rings. The number of anilines is 1. The summed E-state index contributed by atoms with van der Waals surface area (Å²) in [5.74, 6) is -3.55. The second-order valence-electron chi connectivity index (χ2n) is 5.71. The van der Waals surface area contributed by atoms with Crippen LogP contribution in [-0.4, -0.2) is 17.0 Å². The van der Waals surface area contributed by atoms with Gasteiger partial charge in [-0.2, -0.15) is 13.2 Å². The van der Waals surface area contributed by atoms with Gasteiger partial charge in [0.05, 0.1) is 5.56 Å². The number of carbonyl (C=O) groups excluding carboxylic acids is 1. The number of rotatable bonds is 3. The molecule has 1 rings (SSSR count). The Kier molecular flexibility index (Phi) is 4.65. The predicted molar refractivity (Wildman–Crippen MR) is 70.7 cm³/mol. The average molecular weight is 303 g/mol. The van der Waals surface area contributed by atoms with E-state index in [1.165, 1.54) is 6.07 Å². The molecular formula is C14H16F3NO3. The Morgan fingerprint density at radius 1 is 1.19 bits per heavy atom. The molecule has 0 saturated heterocycles. The number of benzene rings is 1. The predicted octanol–water partition coefficient (Wildman–Crippen LogP) is 3.39. The Balaban J connectivity index is 3.00. The molecule has 21 heavy (non-hydrogen) atoms. The molecule has 7 heteroatoms. The zero-order valence-corrected chi connectivity index (χ0v) is 11.8. The van der Waals surface area contributed by atoms with Crippen LogP contribution < -0.4 is 5.32 Å². The van der Waals surface area contributed by atoms with Gasteiger partial charge in [0.25, 0.3) is 0 Å². The van der Waals surface area contributed by atoms with Crippen LogP contribution in [0.3, 0.4) is 0 Å². The van der Waals surface area contributed by atoms with Crippen LogP contribution in [0.2, 0.25) is 0 Å². The van der Waals surface area contributed by atoms with Gasteiger partial charge in [-0.05, 0) is 23.6 Å². The number of nitrogens with one attached hydrogen (secondary N) is 1. The van der Waals surface area contributed by atoms with Crippen molar-refractivity contribution < 1.29 is 27.9 Å². The molecule has 0 aromatic heterocycles. The Morgan fingerprint density at radius 2 is 1.76 bits per heavy atom. The third-order valence-electron chi connectivity index (χ3n) is 2.83. The van der Waals surface area contributed by atoms with Gasteiger partial charge in [-0.15, -0.1) is 0 Å². The van der Waals surface area contributed by atoms with Gasteiger partial charge in [-0.1, -0.05) is 26.8 Å². The second-order valence-corrected chi connectivity index (χ2v) is 5.71. The largest absolute Gasteiger partial charge is 0.481 e. The monoisotopic (exact) mass is 303 g/mol. The molecule has 116 valence electrons. The molecule has 0 heterocycles. The molecule has 0 spiro atoms. The summed E-state index contributed by atoms with van der Waals surface area (Å²) in [4.78, 5) is 23.2. The fraction of sp³-hybridized carbons (Fsp3) is 0.429. The number of hydrogen-bond acceptors (Lipinski definition) is 2. The van der Waals surface area contributed by atoms with Crippen molar-refractivity contribution >= 4 is 17.6 Å². The summed E-state index contributed by atoms with van der Waals surface area (Å²) in [6.45, 7) is 4.70. The molecule has 1 aromatic carbocycles. The normalized spacial score (nSPS) is 13.6. The zero-order chi connectivity index (χ0) is 16.4. The molecular weight excluding hydrogens is 287 g/mol. The van der Waals surface area contributed by atoms with E-state index >= 15 is 0 Å². The highest BCUT2D eigenvalue weighted by atomic mass is 19.4. The van der Waals surface area contributed by atoms with Gasteiger partial charge in [0.2, 0.25) is 5.91 Å². The van der Waals surface area contributed by atoms with Gasteiger partial charge in [-0.25, -0.2) is 0 Å². The summed E-state index contributed by atoms with van der Waals surface area (Å²) in [5, 5.41) is 11.3. The summed E-state index contributed by atoms with van der Waals surface area (Å²) >= 11 is 0. The quantitative estimate of drug-likeness (QED) is 0.841. The molecule has 0 bridgehead atoms. The van der Waals surface area contributed by atoms with Crippen LogP contribution in [0.15, 0.2) is 24.3 Å². The van der Waals surface area contributed by atoms with Crippen molar-refractivity contribution in [1.29, 1.82) is 0 Å². The maximum Gasteiger partial charge on any atom is 0.416 e. The highest BCUT2D eigenvalue weighted by molar-refractivity contribution is 6.04. The smallest absolute Gasteiger partial charge is 0.416 e. The van der Waals surface area contributed by atoms with Crippen LogP contribution in [-0.2, 0) is 15.8 Å². The van der Waals surface area contributed by atoms with Crippen LogP contribution in [0.1, 0.15) is 26.3 Å². The van der Waals surface area contributed by atoms with Crippen molar-refractivity contribution in [1.82, 2.24) is 0 Å². The fourth-order valence-electron chi connectivity index (χ4n) is 1.86. The molecule has 1 amide bonds. The Morgan fingerprint density at radius 3 is 2.19 bits per heavy atom. The molecule has 0 radical (unpaired) electrons. The number of hydrogen-bond donors (Lipinski definition) is 2. The summed E-state index contributed by atoms with van der Waals surface area (Å²) in [6, 6.07) is 4.05. The van der Waals surface area contributed by atoms with Crippen LogP contribution in [0.4, 0.5) is 18.9 Å². The Hall–Kier alpha value is -2.05. The van der Waals surface area contributed by atoms with Crippen molar-refractivity contribution in [2.24, 2.45) is 11.3 Å². The van der Waals surface area contributed by atoms with Gasteiger partial charge in [0.15, 0.2) is 0 Å². The first-order chi connectivity index (χ1) is 9.43. The Bertz CT molecular complexity index is 547. The highest BCUT2D eigenvalue weighted by Gasteiger charge is 2.38. The molecule has 2 N–H and O–H groups in total. The average Bonchev–Trinajstić information content (AvgIpc) is 2.25. The number of aliphatic carboxylic acids is 1. The number of alkyl halides is 3. The lowest BCUT2D eigenvalue weighted by atomic mass is 9.80. The summed E-state index contributed by atoms with van der Waals surface area (Å²) in [6.07, 6.45) is -4.53. The van der Waals surface area contributed by atoms with Gasteiger partial charge < -0.3 is 10.4 Å². The first-order valence-corrected chi connectivity index (χ1v) is 6.14. The van der Waals surface area contributed by atoms with E-state index in [0.717, 1.165) is 18.2 Å². The van der Waals surface area contributed by atoms with E-state index in [1.807, 2.05) is 0 Å². The van der Waals surface area contributed by atoms with Crippen molar-refractivity contribution in [3.63, 3.8) is 0 Å². The maximum absolute atomic E-state index is 12.6. The van der Waals surface area contributed by atoms with E-state index in [9.17, 15) is 22.8 Å². The number of carboxylic acid groups (broad SMARTS) is 1. The molecule has 0 aliphatic rings. The lowest BCUT2D eigenvalue weighted by Gasteiger charge is -2.26. The van der Waals surface area contributed by atoms with Gasteiger partial charge >= 0.3 is 12.1 Å². The molecule has 0 aliphatic heterocycles. The van der Waals surface area contributed by atoms with E-state index in [2.05, 4.69) is 5.32 Å². The lowest BCUT2D eigenvalue weighted by Crippen LogP contribution is -2.39. The van der Waals surface area contributed by atoms with Crippen molar-refractivity contribution in [2.75, 3.05) is 5.32 Å². The standard InChI is InChI=1S/C14H16F3NO3/c1-13(2,3)10(12(20)21)11(19)18-9-6-4-5-8(7-9)14(15,16)17/h4-7,10H,1-3H3,(H,18,19)(H,20,21). The number of carboxylic acids is 1. The fourth-order valence-corrected chi connectivity index (χ4v) is 1.86. The number of amides is 1. The molecule has 1 atom stereocenters. The maximum atomic E-state index is 12.6.